The maximum absolute atomic E-state index is 12.4. The molecule has 120 valence electrons. The van der Waals surface area contributed by atoms with Gasteiger partial charge in [0.15, 0.2) is 6.61 Å². The Labute approximate surface area is 139 Å². The Morgan fingerprint density at radius 1 is 1.17 bits per heavy atom. The summed E-state index contributed by atoms with van der Waals surface area (Å²) in [5.74, 6) is -0.645. The lowest BCUT2D eigenvalue weighted by molar-refractivity contribution is -0.120. The molecule has 23 heavy (non-hydrogen) atoms. The Hall–Kier alpha value is -2.53. The highest BCUT2D eigenvalue weighted by Crippen LogP contribution is 2.23. The number of halogens is 1. The van der Waals surface area contributed by atoms with E-state index in [9.17, 15) is 9.59 Å². The van der Waals surface area contributed by atoms with Crippen LogP contribution in [0.4, 0.5) is 5.69 Å². The molecule has 2 aromatic rings. The monoisotopic (exact) mass is 332 g/mol. The van der Waals surface area contributed by atoms with Gasteiger partial charge < -0.3 is 15.4 Å². The van der Waals surface area contributed by atoms with Gasteiger partial charge in [-0.2, -0.15) is 0 Å². The number of benzene rings is 2. The maximum Gasteiger partial charge on any atom is 0.264 e. The van der Waals surface area contributed by atoms with Gasteiger partial charge in [-0.05, 0) is 37.3 Å². The first-order valence-corrected chi connectivity index (χ1v) is 7.48. The van der Waals surface area contributed by atoms with Gasteiger partial charge in [0.25, 0.3) is 11.8 Å². The summed E-state index contributed by atoms with van der Waals surface area (Å²) in [5, 5.41) is 0.372. The van der Waals surface area contributed by atoms with E-state index in [0.717, 1.165) is 5.69 Å². The first kappa shape index (κ1) is 16.8. The average molecular weight is 333 g/mol. The predicted octanol–water partition coefficient (Wildman–Crippen LogP) is 2.87. The Balaban J connectivity index is 2.11. The van der Waals surface area contributed by atoms with Crippen LogP contribution in [0.1, 0.15) is 17.3 Å². The molecule has 0 aromatic heterocycles. The Morgan fingerprint density at radius 3 is 2.48 bits per heavy atom. The zero-order valence-electron chi connectivity index (χ0n) is 12.7. The van der Waals surface area contributed by atoms with Crippen LogP contribution in [-0.2, 0) is 4.79 Å². The molecule has 0 heterocycles. The molecule has 2 N–H and O–H groups in total. The first-order valence-electron chi connectivity index (χ1n) is 7.10. The van der Waals surface area contributed by atoms with E-state index in [0.29, 0.717) is 11.6 Å². The standard InChI is InChI=1S/C17H17ClN2O3/c1-2-20(13-6-4-3-5-7-13)16(21)11-23-15-9-8-12(18)10-14(15)17(19)22/h3-10H,2,11H2,1H3,(H2,19,22). The number of carbonyl (C=O) groups excluding carboxylic acids is 2. The number of likely N-dealkylation sites (N-methyl/N-ethyl adjacent to an activating group) is 1. The molecule has 0 saturated heterocycles. The smallest absolute Gasteiger partial charge is 0.264 e. The minimum atomic E-state index is -0.662. The lowest BCUT2D eigenvalue weighted by Crippen LogP contribution is -2.35. The minimum absolute atomic E-state index is 0.146. The number of hydrogen-bond acceptors (Lipinski definition) is 3. The predicted molar refractivity (Wildman–Crippen MR) is 89.9 cm³/mol. The summed E-state index contributed by atoms with van der Waals surface area (Å²) in [4.78, 5) is 25.4. The van der Waals surface area contributed by atoms with Crippen LogP contribution in [0.15, 0.2) is 48.5 Å². The lowest BCUT2D eigenvalue weighted by Gasteiger charge is -2.21. The number of rotatable bonds is 6. The Bertz CT molecular complexity index is 704. The third kappa shape index (κ3) is 4.23. The van der Waals surface area contributed by atoms with Gasteiger partial charge in [-0.15, -0.1) is 0 Å². The first-order chi connectivity index (χ1) is 11.0. The van der Waals surface area contributed by atoms with Crippen molar-refractivity contribution in [2.45, 2.75) is 6.92 Å². The Kier molecular flexibility index (Phi) is 5.60. The van der Waals surface area contributed by atoms with Crippen molar-refractivity contribution in [3.05, 3.63) is 59.1 Å². The van der Waals surface area contributed by atoms with Gasteiger partial charge in [-0.25, -0.2) is 0 Å². The molecule has 6 heteroatoms. The summed E-state index contributed by atoms with van der Waals surface area (Å²) < 4.78 is 5.47. The molecule has 0 saturated carbocycles. The molecule has 2 amide bonds. The van der Waals surface area contributed by atoms with E-state index in [2.05, 4.69) is 0 Å². The van der Waals surface area contributed by atoms with Crippen LogP contribution in [0.5, 0.6) is 5.75 Å². The van der Waals surface area contributed by atoms with Crippen molar-refractivity contribution in [3.63, 3.8) is 0 Å². The average Bonchev–Trinajstić information content (AvgIpc) is 2.55. The third-order valence-electron chi connectivity index (χ3n) is 3.24. The quantitative estimate of drug-likeness (QED) is 0.884. The van der Waals surface area contributed by atoms with Crippen LogP contribution in [0.25, 0.3) is 0 Å². The summed E-state index contributed by atoms with van der Waals surface area (Å²) in [6, 6.07) is 13.8. The van der Waals surface area contributed by atoms with Crippen LogP contribution in [0.2, 0.25) is 5.02 Å². The van der Waals surface area contributed by atoms with Crippen molar-refractivity contribution in [3.8, 4) is 5.75 Å². The zero-order valence-corrected chi connectivity index (χ0v) is 13.4. The van der Waals surface area contributed by atoms with E-state index < -0.39 is 5.91 Å². The molecule has 0 aliphatic heterocycles. The summed E-state index contributed by atoms with van der Waals surface area (Å²) in [7, 11) is 0. The highest BCUT2D eigenvalue weighted by molar-refractivity contribution is 6.31. The van der Waals surface area contributed by atoms with Gasteiger partial charge in [0.2, 0.25) is 0 Å². The second kappa shape index (κ2) is 7.65. The largest absolute Gasteiger partial charge is 0.483 e. The number of nitrogens with zero attached hydrogens (tertiary/aromatic N) is 1. The molecule has 0 atom stereocenters. The van der Waals surface area contributed by atoms with E-state index >= 15 is 0 Å². The van der Waals surface area contributed by atoms with Gasteiger partial charge in [0.05, 0.1) is 5.56 Å². The van der Waals surface area contributed by atoms with Gasteiger partial charge in [-0.1, -0.05) is 29.8 Å². The van der Waals surface area contributed by atoms with E-state index in [-0.39, 0.29) is 23.8 Å². The maximum atomic E-state index is 12.4. The van der Waals surface area contributed by atoms with Crippen molar-refractivity contribution in [1.29, 1.82) is 0 Å². The fourth-order valence-electron chi connectivity index (χ4n) is 2.15. The fraction of sp³-hybridized carbons (Fsp3) is 0.176. The number of para-hydroxylation sites is 1. The van der Waals surface area contributed by atoms with Crippen LogP contribution >= 0.6 is 11.6 Å². The number of hydrogen-bond donors (Lipinski definition) is 1. The number of carbonyl (C=O) groups is 2. The van der Waals surface area contributed by atoms with E-state index in [4.69, 9.17) is 22.1 Å². The molecule has 0 fully saturated rings. The molecule has 0 bridgehead atoms. The molecule has 0 radical (unpaired) electrons. The van der Waals surface area contributed by atoms with Crippen LogP contribution in [0, 0.1) is 0 Å². The number of amides is 2. The molecule has 5 nitrogen and oxygen atoms in total. The molecule has 0 aliphatic carbocycles. The molecule has 2 aromatic carbocycles. The molecule has 0 spiro atoms. The van der Waals surface area contributed by atoms with Crippen molar-refractivity contribution >= 4 is 29.1 Å². The van der Waals surface area contributed by atoms with Gasteiger partial charge in [0.1, 0.15) is 5.75 Å². The molecular formula is C17H17ClN2O3. The SMILES string of the molecule is CCN(C(=O)COc1ccc(Cl)cc1C(N)=O)c1ccccc1. The summed E-state index contributed by atoms with van der Waals surface area (Å²) >= 11 is 5.84. The molecule has 0 aliphatic rings. The third-order valence-corrected chi connectivity index (χ3v) is 3.48. The lowest BCUT2D eigenvalue weighted by atomic mass is 10.2. The fourth-order valence-corrected chi connectivity index (χ4v) is 2.32. The van der Waals surface area contributed by atoms with Gasteiger partial charge in [0, 0.05) is 17.3 Å². The molecule has 0 unspecified atom stereocenters. The highest BCUT2D eigenvalue weighted by atomic mass is 35.5. The summed E-state index contributed by atoms with van der Waals surface area (Å²) in [5.41, 5.74) is 6.23. The topological polar surface area (TPSA) is 72.6 Å². The normalized spacial score (nSPS) is 10.2. The van der Waals surface area contributed by atoms with Crippen molar-refractivity contribution in [1.82, 2.24) is 0 Å². The van der Waals surface area contributed by atoms with Crippen LogP contribution < -0.4 is 15.4 Å². The van der Waals surface area contributed by atoms with Crippen LogP contribution in [0.3, 0.4) is 0 Å². The highest BCUT2D eigenvalue weighted by Gasteiger charge is 2.16. The van der Waals surface area contributed by atoms with Crippen molar-refractivity contribution in [2.75, 3.05) is 18.1 Å². The zero-order chi connectivity index (χ0) is 16.8. The summed E-state index contributed by atoms with van der Waals surface area (Å²) in [6.07, 6.45) is 0. The molecule has 2 rings (SSSR count). The van der Waals surface area contributed by atoms with E-state index in [1.807, 2.05) is 37.3 Å². The Morgan fingerprint density at radius 2 is 1.87 bits per heavy atom. The number of ether oxygens (including phenoxy) is 1. The van der Waals surface area contributed by atoms with Gasteiger partial charge in [-0.3, -0.25) is 9.59 Å². The number of nitrogens with two attached hydrogens (primary N) is 1. The minimum Gasteiger partial charge on any atom is -0.483 e. The van der Waals surface area contributed by atoms with E-state index in [1.54, 1.807) is 11.0 Å². The van der Waals surface area contributed by atoms with Crippen LogP contribution in [-0.4, -0.2) is 25.0 Å². The molecular weight excluding hydrogens is 316 g/mol. The number of primary amides is 1. The van der Waals surface area contributed by atoms with Gasteiger partial charge >= 0.3 is 0 Å². The number of anilines is 1. The van der Waals surface area contributed by atoms with Crippen molar-refractivity contribution < 1.29 is 14.3 Å². The second-order valence-electron chi connectivity index (χ2n) is 4.77. The van der Waals surface area contributed by atoms with Crippen molar-refractivity contribution in [2.24, 2.45) is 5.73 Å². The second-order valence-corrected chi connectivity index (χ2v) is 5.20. The van der Waals surface area contributed by atoms with E-state index in [1.165, 1.54) is 12.1 Å². The summed E-state index contributed by atoms with van der Waals surface area (Å²) in [6.45, 7) is 2.18.